The van der Waals surface area contributed by atoms with Gasteiger partial charge in [0.25, 0.3) is 0 Å². The summed E-state index contributed by atoms with van der Waals surface area (Å²) < 4.78 is 22.1. The van der Waals surface area contributed by atoms with Crippen molar-refractivity contribution < 1.29 is 8.42 Å². The fraction of sp³-hybridized carbons (Fsp3) is 1.00. The lowest BCUT2D eigenvalue weighted by Crippen LogP contribution is -2.44. The first-order valence-corrected chi connectivity index (χ1v) is 5.89. The van der Waals surface area contributed by atoms with Gasteiger partial charge in [-0.2, -0.15) is 0 Å². The Balaban J connectivity index is 2.36. The van der Waals surface area contributed by atoms with Gasteiger partial charge in [-0.25, -0.2) is 8.42 Å². The molecule has 72 valence electrons. The Hall–Kier alpha value is -0.130. The summed E-state index contributed by atoms with van der Waals surface area (Å²) in [4.78, 5) is 4.21. The molecular weight excluding hydrogens is 176 g/mol. The molecule has 0 N–H and O–H groups in total. The van der Waals surface area contributed by atoms with Crippen LogP contribution in [0.5, 0.6) is 0 Å². The van der Waals surface area contributed by atoms with Gasteiger partial charge in [0.15, 0.2) is 9.84 Å². The molecule has 5 heteroatoms. The molecule has 1 aliphatic rings. The van der Waals surface area contributed by atoms with Gasteiger partial charge in [-0.1, -0.05) is 0 Å². The largest absolute Gasteiger partial charge is 0.297 e. The molecule has 1 saturated heterocycles. The molecular formula is C7H16N2O2S. The van der Waals surface area contributed by atoms with E-state index in [2.05, 4.69) is 9.80 Å². The van der Waals surface area contributed by atoms with Crippen LogP contribution in [0.2, 0.25) is 0 Å². The minimum atomic E-state index is -2.71. The van der Waals surface area contributed by atoms with Gasteiger partial charge in [-0.3, -0.25) is 9.80 Å². The second-order valence-corrected chi connectivity index (χ2v) is 5.79. The van der Waals surface area contributed by atoms with Gasteiger partial charge in [0, 0.05) is 13.1 Å². The van der Waals surface area contributed by atoms with E-state index in [-0.39, 0.29) is 0 Å². The predicted octanol–water partition coefficient (Wildman–Crippen LogP) is -0.764. The lowest BCUT2D eigenvalue weighted by Gasteiger charge is -2.28. The molecule has 1 aliphatic heterocycles. The summed E-state index contributed by atoms with van der Waals surface area (Å²) in [6.07, 6.45) is 0. The van der Waals surface area contributed by atoms with E-state index < -0.39 is 9.84 Å². The Morgan fingerprint density at radius 3 is 2.17 bits per heavy atom. The maximum Gasteiger partial charge on any atom is 0.152 e. The highest BCUT2D eigenvalue weighted by Crippen LogP contribution is 2.02. The van der Waals surface area contributed by atoms with Crippen LogP contribution in [0.1, 0.15) is 0 Å². The van der Waals surface area contributed by atoms with Gasteiger partial charge >= 0.3 is 0 Å². The van der Waals surface area contributed by atoms with Crippen molar-refractivity contribution in [2.75, 3.05) is 45.4 Å². The number of rotatable bonds is 2. The molecule has 0 spiro atoms. The second-order valence-electron chi connectivity index (χ2n) is 3.49. The molecule has 1 fully saturated rings. The summed E-state index contributed by atoms with van der Waals surface area (Å²) in [5, 5.41) is 0. The van der Waals surface area contributed by atoms with Crippen molar-refractivity contribution in [3.63, 3.8) is 0 Å². The summed E-state index contributed by atoms with van der Waals surface area (Å²) >= 11 is 0. The molecule has 0 aromatic rings. The third kappa shape index (κ3) is 3.08. The summed E-state index contributed by atoms with van der Waals surface area (Å²) in [5.41, 5.74) is 0. The highest BCUT2D eigenvalue weighted by Gasteiger charge is 2.21. The van der Waals surface area contributed by atoms with Crippen LogP contribution in [0.15, 0.2) is 0 Å². The summed E-state index contributed by atoms with van der Waals surface area (Å²) in [6, 6.07) is 0. The van der Waals surface area contributed by atoms with Crippen molar-refractivity contribution in [3.8, 4) is 0 Å². The van der Waals surface area contributed by atoms with E-state index in [1.807, 2.05) is 14.1 Å². The minimum Gasteiger partial charge on any atom is -0.297 e. The van der Waals surface area contributed by atoms with E-state index in [1.54, 1.807) is 0 Å². The van der Waals surface area contributed by atoms with Crippen molar-refractivity contribution >= 4 is 9.84 Å². The predicted molar refractivity (Wildman–Crippen MR) is 48.8 cm³/mol. The Morgan fingerprint density at radius 1 is 1.25 bits per heavy atom. The van der Waals surface area contributed by atoms with E-state index in [9.17, 15) is 8.42 Å². The van der Waals surface area contributed by atoms with E-state index in [0.29, 0.717) is 24.6 Å². The molecule has 0 aromatic heterocycles. The molecule has 0 atom stereocenters. The number of hydrogen-bond donors (Lipinski definition) is 0. The molecule has 12 heavy (non-hydrogen) atoms. The van der Waals surface area contributed by atoms with Gasteiger partial charge in [-0.15, -0.1) is 0 Å². The van der Waals surface area contributed by atoms with Crippen molar-refractivity contribution in [1.29, 1.82) is 0 Å². The Morgan fingerprint density at radius 2 is 1.75 bits per heavy atom. The van der Waals surface area contributed by atoms with Crippen molar-refractivity contribution in [3.05, 3.63) is 0 Å². The highest BCUT2D eigenvalue weighted by atomic mass is 32.2. The van der Waals surface area contributed by atoms with E-state index in [0.717, 1.165) is 6.67 Å². The average Bonchev–Trinajstić information content (AvgIpc) is 1.93. The summed E-state index contributed by atoms with van der Waals surface area (Å²) in [5.74, 6) is 0.641. The van der Waals surface area contributed by atoms with Crippen LogP contribution in [-0.2, 0) is 9.84 Å². The standard InChI is InChI=1S/C7H16N2O2S/c1-8(2)7-9-3-5-12(10,11)6-4-9/h3-7H2,1-2H3. The monoisotopic (exact) mass is 192 g/mol. The third-order valence-corrected chi connectivity index (χ3v) is 3.53. The van der Waals surface area contributed by atoms with Gasteiger partial charge < -0.3 is 0 Å². The number of nitrogens with zero attached hydrogens (tertiary/aromatic N) is 2. The van der Waals surface area contributed by atoms with Gasteiger partial charge in [0.2, 0.25) is 0 Å². The Kier molecular flexibility index (Phi) is 3.09. The second kappa shape index (κ2) is 3.72. The van der Waals surface area contributed by atoms with Gasteiger partial charge in [0.1, 0.15) is 0 Å². The lowest BCUT2D eigenvalue weighted by atomic mass is 10.5. The van der Waals surface area contributed by atoms with E-state index in [1.165, 1.54) is 0 Å². The maximum absolute atomic E-state index is 11.0. The zero-order chi connectivity index (χ0) is 9.19. The molecule has 0 saturated carbocycles. The van der Waals surface area contributed by atoms with Crippen molar-refractivity contribution in [1.82, 2.24) is 9.80 Å². The summed E-state index contributed by atoms with van der Waals surface area (Å²) in [6.45, 7) is 2.22. The van der Waals surface area contributed by atoms with Gasteiger partial charge in [-0.05, 0) is 14.1 Å². The van der Waals surface area contributed by atoms with Crippen LogP contribution >= 0.6 is 0 Å². The van der Waals surface area contributed by atoms with Gasteiger partial charge in [0.05, 0.1) is 18.2 Å². The Labute approximate surface area is 74.1 Å². The van der Waals surface area contributed by atoms with Crippen LogP contribution in [0.3, 0.4) is 0 Å². The van der Waals surface area contributed by atoms with Crippen LogP contribution in [0, 0.1) is 0 Å². The zero-order valence-electron chi connectivity index (χ0n) is 7.65. The molecule has 4 nitrogen and oxygen atoms in total. The normalized spacial score (nSPS) is 24.6. The topological polar surface area (TPSA) is 40.6 Å². The minimum absolute atomic E-state index is 0.320. The molecule has 0 radical (unpaired) electrons. The molecule has 0 unspecified atom stereocenters. The highest BCUT2D eigenvalue weighted by molar-refractivity contribution is 7.91. The molecule has 0 amide bonds. The number of sulfone groups is 1. The zero-order valence-corrected chi connectivity index (χ0v) is 8.47. The average molecular weight is 192 g/mol. The maximum atomic E-state index is 11.0. The number of hydrogen-bond acceptors (Lipinski definition) is 4. The van der Waals surface area contributed by atoms with E-state index in [4.69, 9.17) is 0 Å². The molecule has 1 heterocycles. The Bertz CT molecular complexity index is 222. The van der Waals surface area contributed by atoms with Crippen LogP contribution in [-0.4, -0.2) is 63.6 Å². The quantitative estimate of drug-likeness (QED) is 0.576. The molecule has 1 rings (SSSR count). The van der Waals surface area contributed by atoms with Crippen molar-refractivity contribution in [2.24, 2.45) is 0 Å². The van der Waals surface area contributed by atoms with Crippen LogP contribution in [0.4, 0.5) is 0 Å². The molecule has 0 aromatic carbocycles. The van der Waals surface area contributed by atoms with E-state index >= 15 is 0 Å². The fourth-order valence-corrected chi connectivity index (χ4v) is 2.57. The van der Waals surface area contributed by atoms with Crippen molar-refractivity contribution in [2.45, 2.75) is 0 Å². The SMILES string of the molecule is CN(C)CN1CCS(=O)(=O)CC1. The first-order valence-electron chi connectivity index (χ1n) is 4.07. The fourth-order valence-electron chi connectivity index (χ4n) is 1.29. The molecule has 0 bridgehead atoms. The smallest absolute Gasteiger partial charge is 0.152 e. The first kappa shape index (κ1) is 9.95. The lowest BCUT2D eigenvalue weighted by molar-refractivity contribution is 0.188. The van der Waals surface area contributed by atoms with Crippen LogP contribution < -0.4 is 0 Å². The van der Waals surface area contributed by atoms with Crippen LogP contribution in [0.25, 0.3) is 0 Å². The third-order valence-electron chi connectivity index (χ3n) is 1.92. The first-order chi connectivity index (χ1) is 5.49. The summed E-state index contributed by atoms with van der Waals surface area (Å²) in [7, 11) is 1.27. The molecule has 0 aliphatic carbocycles.